The Kier molecular flexibility index (Phi) is 2.75. The highest BCUT2D eigenvalue weighted by Gasteiger charge is 2.24. The molecule has 0 aliphatic heterocycles. The second kappa shape index (κ2) is 4.24. The second-order valence-corrected chi connectivity index (χ2v) is 6.56. The van der Waals surface area contributed by atoms with Crippen LogP contribution >= 0.6 is 11.3 Å². The van der Waals surface area contributed by atoms with Gasteiger partial charge in [0.2, 0.25) is 4.96 Å². The van der Waals surface area contributed by atoms with Crippen LogP contribution in [-0.4, -0.2) is 19.8 Å². The van der Waals surface area contributed by atoms with Crippen molar-refractivity contribution in [2.75, 3.05) is 5.73 Å². The van der Waals surface area contributed by atoms with Crippen molar-refractivity contribution in [1.29, 1.82) is 0 Å². The number of hydrogen-bond acceptors (Lipinski definition) is 5. The molecule has 0 aliphatic carbocycles. The Morgan fingerprint density at radius 2 is 2.00 bits per heavy atom. The molecule has 0 fully saturated rings. The van der Waals surface area contributed by atoms with Crippen LogP contribution < -0.4 is 5.73 Å². The molecule has 0 saturated heterocycles. The summed E-state index contributed by atoms with van der Waals surface area (Å²) in [5.41, 5.74) is 6.80. The van der Waals surface area contributed by atoms with Gasteiger partial charge in [0.15, 0.2) is 5.82 Å². The van der Waals surface area contributed by atoms with E-state index in [1.807, 2.05) is 20.8 Å². The van der Waals surface area contributed by atoms with Gasteiger partial charge in [-0.25, -0.2) is 4.39 Å². The maximum absolute atomic E-state index is 13.4. The quantitative estimate of drug-likeness (QED) is 0.700. The fourth-order valence-electron chi connectivity index (χ4n) is 1.91. The Balaban J connectivity index is 2.19. The third kappa shape index (κ3) is 2.03. The van der Waals surface area contributed by atoms with E-state index >= 15 is 0 Å². The molecule has 0 amide bonds. The van der Waals surface area contributed by atoms with Crippen LogP contribution in [0.5, 0.6) is 0 Å². The molecule has 7 heteroatoms. The Hall–Kier alpha value is -2.02. The van der Waals surface area contributed by atoms with E-state index in [9.17, 15) is 4.39 Å². The monoisotopic (exact) mass is 291 g/mol. The lowest BCUT2D eigenvalue weighted by Gasteiger charge is -2.13. The number of halogens is 1. The fraction of sp³-hybridized carbons (Fsp3) is 0.308. The Labute approximate surface area is 119 Å². The summed E-state index contributed by atoms with van der Waals surface area (Å²) < 4.78 is 15.1. The van der Waals surface area contributed by atoms with Crippen LogP contribution in [0, 0.1) is 5.82 Å². The molecule has 20 heavy (non-hydrogen) atoms. The topological polar surface area (TPSA) is 69.1 Å². The molecule has 0 bridgehead atoms. The van der Waals surface area contributed by atoms with E-state index in [0.717, 1.165) is 5.82 Å². The van der Waals surface area contributed by atoms with Gasteiger partial charge in [-0.15, -0.1) is 10.2 Å². The predicted octanol–water partition coefficient (Wildman–Crippen LogP) is 2.87. The zero-order chi connectivity index (χ0) is 14.5. The summed E-state index contributed by atoms with van der Waals surface area (Å²) in [4.78, 5) is 0.675. The van der Waals surface area contributed by atoms with Gasteiger partial charge in [-0.3, -0.25) is 0 Å². The van der Waals surface area contributed by atoms with Crippen LogP contribution in [0.25, 0.3) is 15.5 Å². The summed E-state index contributed by atoms with van der Waals surface area (Å²) in [6.45, 7) is 6.12. The minimum absolute atomic E-state index is 0.168. The van der Waals surface area contributed by atoms with Gasteiger partial charge in [-0.2, -0.15) is 9.61 Å². The highest BCUT2D eigenvalue weighted by atomic mass is 32.1. The lowest BCUT2D eigenvalue weighted by molar-refractivity contribution is 0.528. The standard InChI is InChI=1S/C13H14FN5S/c1-13(2,3)11-16-17-12-19(11)18-10(20-12)8-6-7(14)4-5-9(8)15/h4-6H,15H2,1-3H3. The van der Waals surface area contributed by atoms with Gasteiger partial charge >= 0.3 is 0 Å². The molecule has 3 rings (SSSR count). The first-order valence-corrected chi connectivity index (χ1v) is 6.96. The summed E-state index contributed by atoms with van der Waals surface area (Å²) in [5.74, 6) is 0.432. The molecule has 0 radical (unpaired) electrons. The summed E-state index contributed by atoms with van der Waals surface area (Å²) in [5, 5.41) is 13.4. The molecule has 3 aromatic rings. The van der Waals surface area contributed by atoms with Gasteiger partial charge in [0, 0.05) is 16.7 Å². The molecule has 104 valence electrons. The largest absolute Gasteiger partial charge is 0.398 e. The number of fused-ring (bicyclic) bond motifs is 1. The number of nitrogen functional groups attached to an aromatic ring is 1. The number of nitrogens with zero attached hydrogens (tertiary/aromatic N) is 4. The molecule has 2 N–H and O–H groups in total. The first-order valence-electron chi connectivity index (χ1n) is 6.14. The second-order valence-electron chi connectivity index (χ2n) is 5.61. The molecule has 0 saturated carbocycles. The van der Waals surface area contributed by atoms with Gasteiger partial charge in [0.25, 0.3) is 0 Å². The first-order chi connectivity index (χ1) is 9.36. The number of aromatic nitrogens is 4. The lowest BCUT2D eigenvalue weighted by Crippen LogP contribution is -2.16. The van der Waals surface area contributed by atoms with Crippen LogP contribution in [0.4, 0.5) is 10.1 Å². The molecule has 0 spiro atoms. The Morgan fingerprint density at radius 1 is 1.25 bits per heavy atom. The van der Waals surface area contributed by atoms with E-state index in [1.54, 1.807) is 4.52 Å². The highest BCUT2D eigenvalue weighted by Crippen LogP contribution is 2.32. The molecule has 0 unspecified atom stereocenters. The predicted molar refractivity (Wildman–Crippen MR) is 77.2 cm³/mol. The van der Waals surface area contributed by atoms with E-state index < -0.39 is 0 Å². The van der Waals surface area contributed by atoms with E-state index in [0.29, 0.717) is 21.2 Å². The highest BCUT2D eigenvalue weighted by molar-refractivity contribution is 7.19. The van der Waals surface area contributed by atoms with Gasteiger partial charge in [-0.1, -0.05) is 32.1 Å². The Morgan fingerprint density at radius 3 is 2.70 bits per heavy atom. The maximum Gasteiger partial charge on any atom is 0.235 e. The van der Waals surface area contributed by atoms with E-state index in [4.69, 9.17) is 5.73 Å². The van der Waals surface area contributed by atoms with Crippen molar-refractivity contribution >= 4 is 22.0 Å². The van der Waals surface area contributed by atoms with Crippen molar-refractivity contribution in [2.45, 2.75) is 26.2 Å². The number of rotatable bonds is 1. The molecule has 2 heterocycles. The first kappa shape index (κ1) is 13.0. The number of benzene rings is 1. The zero-order valence-corrected chi connectivity index (χ0v) is 12.2. The van der Waals surface area contributed by atoms with Crippen LogP contribution in [0.15, 0.2) is 18.2 Å². The lowest BCUT2D eigenvalue weighted by atomic mass is 9.96. The van der Waals surface area contributed by atoms with Crippen molar-refractivity contribution in [3.8, 4) is 10.6 Å². The maximum atomic E-state index is 13.4. The smallest absolute Gasteiger partial charge is 0.235 e. The molecule has 0 atom stereocenters. The van der Waals surface area contributed by atoms with Crippen molar-refractivity contribution in [1.82, 2.24) is 19.8 Å². The molecule has 1 aromatic carbocycles. The third-order valence-electron chi connectivity index (χ3n) is 2.91. The van der Waals surface area contributed by atoms with E-state index in [1.165, 1.54) is 29.5 Å². The van der Waals surface area contributed by atoms with Crippen LogP contribution in [0.3, 0.4) is 0 Å². The molecule has 0 aliphatic rings. The third-order valence-corrected chi connectivity index (χ3v) is 3.84. The van der Waals surface area contributed by atoms with Gasteiger partial charge in [0.1, 0.15) is 10.8 Å². The molecule has 5 nitrogen and oxygen atoms in total. The number of hydrogen-bond donors (Lipinski definition) is 1. The molecule has 2 aromatic heterocycles. The minimum atomic E-state index is -0.337. The summed E-state index contributed by atoms with van der Waals surface area (Å²) >= 11 is 1.34. The minimum Gasteiger partial charge on any atom is -0.398 e. The van der Waals surface area contributed by atoms with E-state index in [2.05, 4.69) is 15.3 Å². The van der Waals surface area contributed by atoms with Crippen LogP contribution in [-0.2, 0) is 5.41 Å². The van der Waals surface area contributed by atoms with Crippen LogP contribution in [0.1, 0.15) is 26.6 Å². The van der Waals surface area contributed by atoms with Crippen molar-refractivity contribution < 1.29 is 4.39 Å². The number of anilines is 1. The summed E-state index contributed by atoms with van der Waals surface area (Å²) in [6.07, 6.45) is 0. The SMILES string of the molecule is CC(C)(C)c1nnc2sc(-c3cc(F)ccc3N)nn12. The normalized spacial score (nSPS) is 12.2. The fourth-order valence-corrected chi connectivity index (χ4v) is 2.78. The van der Waals surface area contributed by atoms with Gasteiger partial charge < -0.3 is 5.73 Å². The van der Waals surface area contributed by atoms with E-state index in [-0.39, 0.29) is 11.2 Å². The van der Waals surface area contributed by atoms with Crippen molar-refractivity contribution in [3.05, 3.63) is 29.8 Å². The van der Waals surface area contributed by atoms with Gasteiger partial charge in [-0.05, 0) is 18.2 Å². The summed E-state index contributed by atoms with van der Waals surface area (Å²) in [6, 6.07) is 4.26. The zero-order valence-electron chi connectivity index (χ0n) is 11.4. The van der Waals surface area contributed by atoms with Crippen molar-refractivity contribution in [2.24, 2.45) is 0 Å². The van der Waals surface area contributed by atoms with Crippen LogP contribution in [0.2, 0.25) is 0 Å². The number of nitrogens with two attached hydrogens (primary N) is 1. The average molecular weight is 291 g/mol. The van der Waals surface area contributed by atoms with Crippen molar-refractivity contribution in [3.63, 3.8) is 0 Å². The Bertz CT molecular complexity index is 784. The summed E-state index contributed by atoms with van der Waals surface area (Å²) in [7, 11) is 0. The molecular formula is C13H14FN5S. The molecular weight excluding hydrogens is 277 g/mol. The average Bonchev–Trinajstić information content (AvgIpc) is 2.89. The van der Waals surface area contributed by atoms with Gasteiger partial charge in [0.05, 0.1) is 0 Å².